The van der Waals surface area contributed by atoms with Crippen molar-refractivity contribution in [1.82, 2.24) is 9.97 Å². The molecule has 0 saturated heterocycles. The van der Waals surface area contributed by atoms with E-state index in [-0.39, 0.29) is 10.9 Å². The number of nitrogens with one attached hydrogen (secondary N) is 1. The summed E-state index contributed by atoms with van der Waals surface area (Å²) in [5.74, 6) is -1.04. The van der Waals surface area contributed by atoms with Gasteiger partial charge in [0.1, 0.15) is 10.8 Å². The number of rotatable bonds is 2. The lowest BCUT2D eigenvalue weighted by molar-refractivity contribution is 0.0690. The summed E-state index contributed by atoms with van der Waals surface area (Å²) in [6.45, 7) is 3.58. The van der Waals surface area contributed by atoms with Crippen LogP contribution in [-0.4, -0.2) is 21.0 Å². The molecule has 0 amide bonds. The largest absolute Gasteiger partial charge is 0.476 e. The number of aromatic amines is 1. The predicted octanol–water partition coefficient (Wildman–Crippen LogP) is 1.24. The van der Waals surface area contributed by atoms with Crippen molar-refractivity contribution in [2.45, 2.75) is 19.8 Å². The van der Waals surface area contributed by atoms with Gasteiger partial charge in [-0.2, -0.15) is 0 Å². The molecule has 0 atom stereocenters. The summed E-state index contributed by atoms with van der Waals surface area (Å²) in [6, 6.07) is 0. The number of aromatic nitrogens is 2. The van der Waals surface area contributed by atoms with Gasteiger partial charge in [-0.1, -0.05) is 25.4 Å². The van der Waals surface area contributed by atoms with Crippen molar-refractivity contribution in [3.63, 3.8) is 0 Å². The van der Waals surface area contributed by atoms with Crippen LogP contribution < -0.4 is 5.56 Å². The van der Waals surface area contributed by atoms with E-state index in [9.17, 15) is 9.59 Å². The van der Waals surface area contributed by atoms with Crippen LogP contribution in [0.5, 0.6) is 0 Å². The highest BCUT2D eigenvalue weighted by Crippen LogP contribution is 2.12. The summed E-state index contributed by atoms with van der Waals surface area (Å²) in [5.41, 5.74) is -1.03. The molecular formula is C8H9ClN2O3. The first kappa shape index (κ1) is 10.7. The monoisotopic (exact) mass is 216 g/mol. The van der Waals surface area contributed by atoms with E-state index < -0.39 is 17.2 Å². The standard InChI is InChI=1S/C8H9ClN2O3/c1-3(2)6-10-5(8(13)14)4(9)7(12)11-6/h3H,1-2H3,(H,13,14)(H,10,11,12). The van der Waals surface area contributed by atoms with Crippen molar-refractivity contribution in [3.05, 3.63) is 26.9 Å². The van der Waals surface area contributed by atoms with Gasteiger partial charge >= 0.3 is 5.97 Å². The molecule has 1 rings (SSSR count). The summed E-state index contributed by atoms with van der Waals surface area (Å²) in [6.07, 6.45) is 0. The van der Waals surface area contributed by atoms with Gasteiger partial charge in [0.2, 0.25) is 0 Å². The highest BCUT2D eigenvalue weighted by atomic mass is 35.5. The molecule has 1 heterocycles. The summed E-state index contributed by atoms with van der Waals surface area (Å²) in [7, 11) is 0. The number of carboxylic acid groups (broad SMARTS) is 1. The Kier molecular flexibility index (Phi) is 2.90. The third-order valence-corrected chi connectivity index (χ3v) is 1.98. The van der Waals surface area contributed by atoms with E-state index in [4.69, 9.17) is 16.7 Å². The maximum Gasteiger partial charge on any atom is 0.356 e. The minimum atomic E-state index is -1.30. The molecule has 0 aliphatic heterocycles. The first-order valence-electron chi connectivity index (χ1n) is 3.96. The number of aromatic carboxylic acids is 1. The maximum absolute atomic E-state index is 11.2. The second-order valence-corrected chi connectivity index (χ2v) is 3.45. The van der Waals surface area contributed by atoms with Gasteiger partial charge in [-0.25, -0.2) is 9.78 Å². The van der Waals surface area contributed by atoms with Crippen molar-refractivity contribution in [3.8, 4) is 0 Å². The fourth-order valence-electron chi connectivity index (χ4n) is 0.891. The van der Waals surface area contributed by atoms with Crippen LogP contribution >= 0.6 is 11.6 Å². The number of carbonyl (C=O) groups is 1. The van der Waals surface area contributed by atoms with Gasteiger partial charge in [0.25, 0.3) is 5.56 Å². The first-order valence-corrected chi connectivity index (χ1v) is 4.34. The molecule has 0 aliphatic rings. The highest BCUT2D eigenvalue weighted by Gasteiger charge is 2.16. The first-order chi connectivity index (χ1) is 6.43. The van der Waals surface area contributed by atoms with Crippen LogP contribution in [0.4, 0.5) is 0 Å². The number of hydrogen-bond acceptors (Lipinski definition) is 3. The Morgan fingerprint density at radius 2 is 2.14 bits per heavy atom. The number of carboxylic acids is 1. The van der Waals surface area contributed by atoms with Crippen molar-refractivity contribution in [2.24, 2.45) is 0 Å². The Bertz CT molecular complexity index is 425. The quantitative estimate of drug-likeness (QED) is 0.779. The molecule has 0 saturated carbocycles. The Hall–Kier alpha value is -1.36. The van der Waals surface area contributed by atoms with Crippen molar-refractivity contribution >= 4 is 17.6 Å². The molecule has 1 aromatic rings. The molecule has 76 valence electrons. The Morgan fingerprint density at radius 1 is 1.57 bits per heavy atom. The average Bonchev–Trinajstić information content (AvgIpc) is 2.08. The number of halogens is 1. The zero-order chi connectivity index (χ0) is 10.9. The number of H-pyrrole nitrogens is 1. The van der Waals surface area contributed by atoms with E-state index in [1.807, 2.05) is 0 Å². The van der Waals surface area contributed by atoms with Crippen LogP contribution in [0, 0.1) is 0 Å². The molecule has 2 N–H and O–H groups in total. The van der Waals surface area contributed by atoms with Gasteiger partial charge in [0, 0.05) is 5.92 Å². The topological polar surface area (TPSA) is 83.0 Å². The van der Waals surface area contributed by atoms with Gasteiger partial charge in [-0.15, -0.1) is 0 Å². The molecule has 5 nitrogen and oxygen atoms in total. The number of hydrogen-bond donors (Lipinski definition) is 2. The van der Waals surface area contributed by atoms with Crippen LogP contribution in [0.2, 0.25) is 5.02 Å². The lowest BCUT2D eigenvalue weighted by Gasteiger charge is -2.05. The molecule has 0 aromatic carbocycles. The molecule has 0 bridgehead atoms. The van der Waals surface area contributed by atoms with Crippen molar-refractivity contribution in [1.29, 1.82) is 0 Å². The van der Waals surface area contributed by atoms with Gasteiger partial charge in [0.05, 0.1) is 0 Å². The molecule has 1 aromatic heterocycles. The Balaban J connectivity index is 3.43. The third kappa shape index (κ3) is 1.93. The molecule has 0 unspecified atom stereocenters. The Morgan fingerprint density at radius 3 is 2.57 bits per heavy atom. The molecule has 0 spiro atoms. The van der Waals surface area contributed by atoms with Gasteiger partial charge in [-0.3, -0.25) is 4.79 Å². The Labute approximate surface area is 84.8 Å². The molecule has 6 heteroatoms. The van der Waals surface area contributed by atoms with Crippen LogP contribution in [0.25, 0.3) is 0 Å². The predicted molar refractivity (Wildman–Crippen MR) is 50.9 cm³/mol. The fraction of sp³-hybridized carbons (Fsp3) is 0.375. The highest BCUT2D eigenvalue weighted by molar-refractivity contribution is 6.32. The van der Waals surface area contributed by atoms with E-state index >= 15 is 0 Å². The van der Waals surface area contributed by atoms with Crippen LogP contribution in [0.15, 0.2) is 4.79 Å². The summed E-state index contributed by atoms with van der Waals surface area (Å²) in [5, 5.41) is 8.31. The second-order valence-electron chi connectivity index (χ2n) is 3.07. The number of nitrogens with zero attached hydrogens (tertiary/aromatic N) is 1. The van der Waals surface area contributed by atoms with E-state index in [1.54, 1.807) is 13.8 Å². The minimum absolute atomic E-state index is 0.0573. The van der Waals surface area contributed by atoms with E-state index in [0.29, 0.717) is 5.82 Å². The molecule has 0 fully saturated rings. The molecule has 0 radical (unpaired) electrons. The summed E-state index contributed by atoms with van der Waals surface area (Å²) in [4.78, 5) is 28.0. The normalized spacial score (nSPS) is 10.6. The van der Waals surface area contributed by atoms with Gasteiger partial charge in [0.15, 0.2) is 5.69 Å². The maximum atomic E-state index is 11.2. The van der Waals surface area contributed by atoms with Gasteiger partial charge in [-0.05, 0) is 0 Å². The fourth-order valence-corrected chi connectivity index (χ4v) is 1.06. The zero-order valence-electron chi connectivity index (χ0n) is 7.67. The van der Waals surface area contributed by atoms with E-state index in [0.717, 1.165) is 0 Å². The lowest BCUT2D eigenvalue weighted by Crippen LogP contribution is -2.18. The smallest absolute Gasteiger partial charge is 0.356 e. The summed E-state index contributed by atoms with van der Waals surface area (Å²) >= 11 is 5.48. The molecular weight excluding hydrogens is 208 g/mol. The van der Waals surface area contributed by atoms with Crippen molar-refractivity contribution in [2.75, 3.05) is 0 Å². The lowest BCUT2D eigenvalue weighted by atomic mass is 10.2. The van der Waals surface area contributed by atoms with Crippen molar-refractivity contribution < 1.29 is 9.90 Å². The third-order valence-electron chi connectivity index (χ3n) is 1.63. The SMILES string of the molecule is CC(C)c1nc(C(=O)O)c(Cl)c(=O)[nH]1. The minimum Gasteiger partial charge on any atom is -0.476 e. The van der Waals surface area contributed by atoms with E-state index in [1.165, 1.54) is 0 Å². The summed E-state index contributed by atoms with van der Waals surface area (Å²) < 4.78 is 0. The van der Waals surface area contributed by atoms with Crippen LogP contribution in [0.3, 0.4) is 0 Å². The van der Waals surface area contributed by atoms with Crippen LogP contribution in [0.1, 0.15) is 36.1 Å². The van der Waals surface area contributed by atoms with Gasteiger partial charge < -0.3 is 10.1 Å². The average molecular weight is 217 g/mol. The molecule has 14 heavy (non-hydrogen) atoms. The van der Waals surface area contributed by atoms with Crippen LogP contribution in [-0.2, 0) is 0 Å². The zero-order valence-corrected chi connectivity index (χ0v) is 8.42. The second kappa shape index (κ2) is 3.79. The van der Waals surface area contributed by atoms with E-state index in [2.05, 4.69) is 9.97 Å². The molecule has 0 aliphatic carbocycles.